The van der Waals surface area contributed by atoms with Crippen LogP contribution < -0.4 is 10.1 Å². The first-order chi connectivity index (χ1) is 12.2. The van der Waals surface area contributed by atoms with Gasteiger partial charge < -0.3 is 10.1 Å². The number of hydrogen-bond acceptors (Lipinski definition) is 4. The number of pyridine rings is 2. The van der Waals surface area contributed by atoms with E-state index >= 15 is 0 Å². The van der Waals surface area contributed by atoms with Crippen molar-refractivity contribution in [2.45, 2.75) is 13.1 Å². The van der Waals surface area contributed by atoms with Crippen LogP contribution in [0, 0.1) is 6.92 Å². The van der Waals surface area contributed by atoms with Gasteiger partial charge in [-0.2, -0.15) is 13.2 Å². The maximum absolute atomic E-state index is 12.7. The Bertz CT molecular complexity index is 1000. The van der Waals surface area contributed by atoms with Crippen LogP contribution in [0.25, 0.3) is 5.65 Å². The number of aromatic nitrogens is 3. The van der Waals surface area contributed by atoms with E-state index in [9.17, 15) is 18.0 Å². The summed E-state index contributed by atoms with van der Waals surface area (Å²) in [6.07, 6.45) is -2.35. The molecule has 0 aliphatic carbocycles. The number of ether oxygens (including phenoxy) is 1. The normalized spacial score (nSPS) is 11.6. The number of nitrogens with one attached hydrogen (secondary N) is 1. The number of alkyl halides is 3. The number of nitrogens with zero attached hydrogens (tertiary/aromatic N) is 3. The highest BCUT2D eigenvalue weighted by molar-refractivity contribution is 6.33. The molecule has 26 heavy (non-hydrogen) atoms. The topological polar surface area (TPSA) is 68.5 Å². The van der Waals surface area contributed by atoms with E-state index in [1.54, 1.807) is 25.3 Å². The minimum atomic E-state index is -4.58. The number of carbonyl (C=O) groups is 1. The van der Waals surface area contributed by atoms with E-state index in [4.69, 9.17) is 16.3 Å². The number of carbonyl (C=O) groups excluding carboxylic acids is 1. The van der Waals surface area contributed by atoms with Crippen LogP contribution in [0.2, 0.25) is 5.02 Å². The Kier molecular flexibility index (Phi) is 4.49. The van der Waals surface area contributed by atoms with E-state index in [0.717, 1.165) is 0 Å². The number of anilines is 1. The fourth-order valence-corrected chi connectivity index (χ4v) is 2.65. The van der Waals surface area contributed by atoms with E-state index in [-0.39, 0.29) is 16.5 Å². The lowest BCUT2D eigenvalue weighted by Crippen LogP contribution is -2.17. The first-order valence-corrected chi connectivity index (χ1v) is 7.66. The van der Waals surface area contributed by atoms with Crippen LogP contribution in [0.1, 0.15) is 21.7 Å². The molecule has 0 aliphatic rings. The molecule has 3 aromatic heterocycles. The van der Waals surface area contributed by atoms with Gasteiger partial charge in [0.25, 0.3) is 5.91 Å². The molecule has 0 aliphatic heterocycles. The highest BCUT2D eigenvalue weighted by Crippen LogP contribution is 2.32. The largest absolute Gasteiger partial charge is 0.493 e. The number of amides is 1. The van der Waals surface area contributed by atoms with Crippen molar-refractivity contribution in [3.8, 4) is 5.75 Å². The second-order valence-corrected chi connectivity index (χ2v) is 5.73. The summed E-state index contributed by atoms with van der Waals surface area (Å²) < 4.78 is 44.7. The zero-order valence-corrected chi connectivity index (χ0v) is 14.3. The SMILES string of the molecule is COc1cccn2c(C(=O)Nc3ncc(C(F)(F)F)cc3Cl)c(C)nc12. The van der Waals surface area contributed by atoms with Crippen LogP contribution in [0.5, 0.6) is 5.75 Å². The van der Waals surface area contributed by atoms with Gasteiger partial charge >= 0.3 is 6.18 Å². The predicted octanol–water partition coefficient (Wildman–Crippen LogP) is 3.97. The monoisotopic (exact) mass is 384 g/mol. The fraction of sp³-hybridized carbons (Fsp3) is 0.188. The van der Waals surface area contributed by atoms with Gasteiger partial charge in [-0.3, -0.25) is 9.20 Å². The molecule has 0 unspecified atom stereocenters. The van der Waals surface area contributed by atoms with Gasteiger partial charge in [-0.05, 0) is 25.1 Å². The van der Waals surface area contributed by atoms with Crippen molar-refractivity contribution in [2.24, 2.45) is 0 Å². The molecule has 3 heterocycles. The Morgan fingerprint density at radius 1 is 1.38 bits per heavy atom. The Labute approximate surface area is 150 Å². The maximum atomic E-state index is 12.7. The number of aryl methyl sites for hydroxylation is 1. The van der Waals surface area contributed by atoms with Gasteiger partial charge in [0.1, 0.15) is 5.69 Å². The Morgan fingerprint density at radius 2 is 2.12 bits per heavy atom. The molecule has 1 N–H and O–H groups in total. The van der Waals surface area contributed by atoms with Crippen molar-refractivity contribution in [1.82, 2.24) is 14.4 Å². The number of rotatable bonds is 3. The molecule has 0 saturated heterocycles. The molecule has 0 saturated carbocycles. The van der Waals surface area contributed by atoms with Gasteiger partial charge in [-0.15, -0.1) is 0 Å². The van der Waals surface area contributed by atoms with Crippen molar-refractivity contribution in [2.75, 3.05) is 12.4 Å². The molecule has 3 aromatic rings. The van der Waals surface area contributed by atoms with Crippen LogP contribution in [-0.2, 0) is 6.18 Å². The summed E-state index contributed by atoms with van der Waals surface area (Å²) in [7, 11) is 1.48. The van der Waals surface area contributed by atoms with E-state index in [1.807, 2.05) is 0 Å². The minimum Gasteiger partial charge on any atom is -0.493 e. The molecule has 136 valence electrons. The van der Waals surface area contributed by atoms with Gasteiger partial charge in [-0.25, -0.2) is 9.97 Å². The smallest absolute Gasteiger partial charge is 0.417 e. The predicted molar refractivity (Wildman–Crippen MR) is 88.7 cm³/mol. The first kappa shape index (κ1) is 18.0. The third-order valence-electron chi connectivity index (χ3n) is 3.62. The van der Waals surface area contributed by atoms with E-state index in [2.05, 4.69) is 15.3 Å². The summed E-state index contributed by atoms with van der Waals surface area (Å²) >= 11 is 5.83. The van der Waals surface area contributed by atoms with Crippen molar-refractivity contribution >= 4 is 29.0 Å². The summed E-state index contributed by atoms with van der Waals surface area (Å²) in [5.74, 6) is -0.320. The quantitative estimate of drug-likeness (QED) is 0.742. The van der Waals surface area contributed by atoms with Crippen LogP contribution in [-0.4, -0.2) is 27.4 Å². The highest BCUT2D eigenvalue weighted by atomic mass is 35.5. The van der Waals surface area contributed by atoms with Crippen molar-refractivity contribution in [3.05, 3.63) is 52.6 Å². The molecule has 0 aromatic carbocycles. The molecule has 3 rings (SSSR count). The highest BCUT2D eigenvalue weighted by Gasteiger charge is 2.32. The first-order valence-electron chi connectivity index (χ1n) is 7.28. The number of halogens is 4. The van der Waals surface area contributed by atoms with E-state index in [0.29, 0.717) is 29.4 Å². The second kappa shape index (κ2) is 6.49. The van der Waals surface area contributed by atoms with Crippen LogP contribution in [0.15, 0.2) is 30.6 Å². The fourth-order valence-electron chi connectivity index (χ4n) is 2.44. The second-order valence-electron chi connectivity index (χ2n) is 5.32. The van der Waals surface area contributed by atoms with Crippen molar-refractivity contribution < 1.29 is 22.7 Å². The molecule has 6 nitrogen and oxygen atoms in total. The summed E-state index contributed by atoms with van der Waals surface area (Å²) in [6, 6.07) is 4.07. The standard InChI is InChI=1S/C16H12ClF3N4O2/c1-8-12(24-5-3-4-11(26-2)14(24)22-8)15(25)23-13-10(17)6-9(7-21-13)16(18,19)20/h3-7H,1-2H3,(H,21,23,25). The summed E-state index contributed by atoms with van der Waals surface area (Å²) in [5, 5.41) is 2.09. The lowest BCUT2D eigenvalue weighted by Gasteiger charge is -2.10. The molecule has 0 radical (unpaired) electrons. The van der Waals surface area contributed by atoms with Crippen LogP contribution in [0.3, 0.4) is 0 Å². The average molecular weight is 385 g/mol. The Morgan fingerprint density at radius 3 is 2.73 bits per heavy atom. The summed E-state index contributed by atoms with van der Waals surface area (Å²) in [5.41, 5.74) is 0.0343. The number of fused-ring (bicyclic) bond motifs is 1. The summed E-state index contributed by atoms with van der Waals surface area (Å²) in [4.78, 5) is 20.5. The van der Waals surface area contributed by atoms with Crippen LogP contribution >= 0.6 is 11.6 Å². The van der Waals surface area contributed by atoms with E-state index < -0.39 is 17.6 Å². The van der Waals surface area contributed by atoms with Crippen LogP contribution in [0.4, 0.5) is 19.0 Å². The van der Waals surface area contributed by atoms with Gasteiger partial charge in [-0.1, -0.05) is 11.6 Å². The number of methoxy groups -OCH3 is 1. The molecule has 10 heteroatoms. The zero-order valence-electron chi connectivity index (χ0n) is 13.6. The summed E-state index contributed by atoms with van der Waals surface area (Å²) in [6.45, 7) is 1.63. The van der Waals surface area contributed by atoms with Gasteiger partial charge in [0.15, 0.2) is 17.2 Å². The molecule has 0 bridgehead atoms. The average Bonchev–Trinajstić information content (AvgIpc) is 2.91. The van der Waals surface area contributed by atoms with Gasteiger partial charge in [0, 0.05) is 12.4 Å². The maximum Gasteiger partial charge on any atom is 0.417 e. The van der Waals surface area contributed by atoms with E-state index in [1.165, 1.54) is 11.5 Å². The Balaban J connectivity index is 1.97. The molecule has 0 spiro atoms. The Hall–Kier alpha value is -2.81. The molecule has 0 atom stereocenters. The minimum absolute atomic E-state index is 0.179. The lowest BCUT2D eigenvalue weighted by molar-refractivity contribution is -0.137. The zero-order chi connectivity index (χ0) is 19.1. The lowest BCUT2D eigenvalue weighted by atomic mass is 10.2. The van der Waals surface area contributed by atoms with Gasteiger partial charge in [0.05, 0.1) is 23.4 Å². The third-order valence-corrected chi connectivity index (χ3v) is 3.91. The third kappa shape index (κ3) is 3.17. The van der Waals surface area contributed by atoms with Crippen molar-refractivity contribution in [1.29, 1.82) is 0 Å². The molecular weight excluding hydrogens is 373 g/mol. The van der Waals surface area contributed by atoms with Gasteiger partial charge in [0.2, 0.25) is 0 Å². The molecular formula is C16H12ClF3N4O2. The van der Waals surface area contributed by atoms with Crippen molar-refractivity contribution in [3.63, 3.8) is 0 Å². The molecule has 1 amide bonds. The number of hydrogen-bond donors (Lipinski definition) is 1. The number of imidazole rings is 1. The molecule has 0 fully saturated rings.